The average molecular weight is 396 g/mol. The second kappa shape index (κ2) is 5.82. The van der Waals surface area contributed by atoms with E-state index in [-0.39, 0.29) is 5.78 Å². The van der Waals surface area contributed by atoms with Crippen molar-refractivity contribution in [2.75, 3.05) is 0 Å². The Bertz CT molecular complexity index is 643. The fraction of sp³-hybridized carbons (Fsp3) is 0.235. The molecule has 0 atom stereocenters. The monoisotopic (exact) mass is 394 g/mol. The molecule has 0 aromatic heterocycles. The number of halogens is 2. The zero-order chi connectivity index (χ0) is 15.0. The molecule has 0 saturated heterocycles. The van der Waals surface area contributed by atoms with Crippen molar-refractivity contribution in [1.82, 2.24) is 0 Å². The van der Waals surface area contributed by atoms with Crippen molar-refractivity contribution in [3.8, 4) is 0 Å². The Morgan fingerprint density at radius 1 is 0.700 bits per heavy atom. The molecule has 2 rings (SSSR count). The Balaban J connectivity index is 2.57. The molecule has 0 spiro atoms. The van der Waals surface area contributed by atoms with Crippen molar-refractivity contribution in [3.05, 3.63) is 66.6 Å². The van der Waals surface area contributed by atoms with Gasteiger partial charge in [0.25, 0.3) is 0 Å². The van der Waals surface area contributed by atoms with Gasteiger partial charge in [0.1, 0.15) is 0 Å². The normalized spacial score (nSPS) is 10.7. The van der Waals surface area contributed by atoms with E-state index in [4.69, 9.17) is 0 Å². The molecule has 104 valence electrons. The molecule has 0 bridgehead atoms. The average Bonchev–Trinajstić information content (AvgIpc) is 2.37. The van der Waals surface area contributed by atoms with E-state index >= 15 is 0 Å². The molecule has 0 aliphatic rings. The zero-order valence-corrected chi connectivity index (χ0v) is 15.1. The molecule has 3 heteroatoms. The number of hydrogen-bond donors (Lipinski definition) is 0. The fourth-order valence-electron chi connectivity index (χ4n) is 2.20. The van der Waals surface area contributed by atoms with Crippen LogP contribution in [0.4, 0.5) is 0 Å². The lowest BCUT2D eigenvalue weighted by Crippen LogP contribution is -2.07. The number of aryl methyl sites for hydroxylation is 4. The maximum atomic E-state index is 12.8. The fourth-order valence-corrected chi connectivity index (χ4v) is 3.11. The van der Waals surface area contributed by atoms with Crippen LogP contribution in [0.2, 0.25) is 0 Å². The third kappa shape index (κ3) is 2.89. The van der Waals surface area contributed by atoms with Crippen LogP contribution in [0.25, 0.3) is 0 Å². The van der Waals surface area contributed by atoms with Gasteiger partial charge >= 0.3 is 0 Å². The Morgan fingerprint density at radius 3 is 1.40 bits per heavy atom. The van der Waals surface area contributed by atoms with Crippen LogP contribution >= 0.6 is 31.9 Å². The maximum absolute atomic E-state index is 12.8. The highest BCUT2D eigenvalue weighted by atomic mass is 79.9. The lowest BCUT2D eigenvalue weighted by Gasteiger charge is -2.11. The Morgan fingerprint density at radius 2 is 1.05 bits per heavy atom. The highest BCUT2D eigenvalue weighted by molar-refractivity contribution is 9.10. The van der Waals surface area contributed by atoms with Crippen molar-refractivity contribution >= 4 is 37.6 Å². The van der Waals surface area contributed by atoms with E-state index in [0.29, 0.717) is 0 Å². The van der Waals surface area contributed by atoms with E-state index in [2.05, 4.69) is 31.9 Å². The van der Waals surface area contributed by atoms with Crippen LogP contribution in [-0.2, 0) is 0 Å². The Hall–Kier alpha value is -0.930. The molecule has 1 nitrogen and oxygen atoms in total. The van der Waals surface area contributed by atoms with Gasteiger partial charge in [-0.2, -0.15) is 0 Å². The first-order chi connectivity index (χ1) is 9.31. The molecule has 0 radical (unpaired) electrons. The Kier molecular flexibility index (Phi) is 4.50. The number of benzene rings is 2. The predicted octanol–water partition coefficient (Wildman–Crippen LogP) is 5.68. The second-order valence-electron chi connectivity index (χ2n) is 5.16. The summed E-state index contributed by atoms with van der Waals surface area (Å²) in [6.07, 6.45) is 0. The summed E-state index contributed by atoms with van der Waals surface area (Å²) in [5.41, 5.74) is 5.68. The van der Waals surface area contributed by atoms with Crippen molar-refractivity contribution in [2.24, 2.45) is 0 Å². The largest absolute Gasteiger partial charge is 0.289 e. The number of carbonyl (C=O) groups is 1. The molecule has 0 N–H and O–H groups in total. The van der Waals surface area contributed by atoms with E-state index in [1.54, 1.807) is 0 Å². The van der Waals surface area contributed by atoms with Gasteiger partial charge in [-0.1, -0.05) is 31.9 Å². The van der Waals surface area contributed by atoms with Crippen LogP contribution in [0.15, 0.2) is 33.2 Å². The van der Waals surface area contributed by atoms with Crippen LogP contribution in [0.5, 0.6) is 0 Å². The van der Waals surface area contributed by atoms with Crippen LogP contribution in [-0.4, -0.2) is 5.78 Å². The van der Waals surface area contributed by atoms with E-state index < -0.39 is 0 Å². The molecule has 0 saturated carbocycles. The number of hydrogen-bond acceptors (Lipinski definition) is 1. The van der Waals surface area contributed by atoms with Gasteiger partial charge in [-0.05, 0) is 74.2 Å². The first-order valence-electron chi connectivity index (χ1n) is 6.39. The minimum atomic E-state index is 0.0891. The van der Waals surface area contributed by atoms with E-state index in [0.717, 1.165) is 42.3 Å². The lowest BCUT2D eigenvalue weighted by molar-refractivity contribution is 0.103. The van der Waals surface area contributed by atoms with E-state index in [1.807, 2.05) is 52.0 Å². The number of carbonyl (C=O) groups excluding carboxylic acids is 1. The van der Waals surface area contributed by atoms with Crippen molar-refractivity contribution < 1.29 is 4.79 Å². The smallest absolute Gasteiger partial charge is 0.193 e. The first kappa shape index (κ1) is 15.5. The van der Waals surface area contributed by atoms with Gasteiger partial charge in [0.15, 0.2) is 5.78 Å². The summed E-state index contributed by atoms with van der Waals surface area (Å²) in [6.45, 7) is 7.94. The predicted molar refractivity (Wildman–Crippen MR) is 90.7 cm³/mol. The first-order valence-corrected chi connectivity index (χ1v) is 7.98. The highest BCUT2D eigenvalue weighted by Crippen LogP contribution is 2.26. The quantitative estimate of drug-likeness (QED) is 0.598. The SMILES string of the molecule is Cc1cc(C(=O)c2cc(C)c(Br)cc2C)c(C)cc1Br. The van der Waals surface area contributed by atoms with Gasteiger partial charge in [0.05, 0.1) is 0 Å². The van der Waals surface area contributed by atoms with Crippen LogP contribution in [0.3, 0.4) is 0 Å². The summed E-state index contributed by atoms with van der Waals surface area (Å²) in [4.78, 5) is 12.8. The van der Waals surface area contributed by atoms with E-state index in [1.165, 1.54) is 0 Å². The second-order valence-corrected chi connectivity index (χ2v) is 6.87. The van der Waals surface area contributed by atoms with E-state index in [9.17, 15) is 4.79 Å². The number of rotatable bonds is 2. The topological polar surface area (TPSA) is 17.1 Å². The summed E-state index contributed by atoms with van der Waals surface area (Å²) in [7, 11) is 0. The van der Waals surface area contributed by atoms with Gasteiger partial charge in [-0.3, -0.25) is 4.79 Å². The molecule has 0 amide bonds. The maximum Gasteiger partial charge on any atom is 0.193 e. The molecular formula is C17H16Br2O. The molecule has 0 fully saturated rings. The summed E-state index contributed by atoms with van der Waals surface area (Å²) < 4.78 is 2.07. The molecule has 0 heterocycles. The molecule has 2 aromatic carbocycles. The minimum Gasteiger partial charge on any atom is -0.289 e. The van der Waals surface area contributed by atoms with Gasteiger partial charge in [0.2, 0.25) is 0 Å². The molecule has 0 unspecified atom stereocenters. The van der Waals surface area contributed by atoms with Crippen molar-refractivity contribution in [3.63, 3.8) is 0 Å². The minimum absolute atomic E-state index is 0.0891. The number of ketones is 1. The summed E-state index contributed by atoms with van der Waals surface area (Å²) in [5, 5.41) is 0. The molecular weight excluding hydrogens is 380 g/mol. The van der Waals surface area contributed by atoms with Crippen LogP contribution in [0, 0.1) is 27.7 Å². The highest BCUT2D eigenvalue weighted by Gasteiger charge is 2.16. The third-order valence-electron chi connectivity index (χ3n) is 3.50. The summed E-state index contributed by atoms with van der Waals surface area (Å²) in [5.74, 6) is 0.0891. The van der Waals surface area contributed by atoms with Crippen molar-refractivity contribution in [2.45, 2.75) is 27.7 Å². The van der Waals surface area contributed by atoms with Gasteiger partial charge in [-0.15, -0.1) is 0 Å². The van der Waals surface area contributed by atoms with Gasteiger partial charge in [0, 0.05) is 20.1 Å². The van der Waals surface area contributed by atoms with Crippen molar-refractivity contribution in [1.29, 1.82) is 0 Å². The summed E-state index contributed by atoms with van der Waals surface area (Å²) in [6, 6.07) is 7.92. The van der Waals surface area contributed by atoms with Crippen LogP contribution in [0.1, 0.15) is 38.2 Å². The lowest BCUT2D eigenvalue weighted by atomic mass is 9.94. The molecule has 20 heavy (non-hydrogen) atoms. The molecule has 2 aromatic rings. The van der Waals surface area contributed by atoms with Gasteiger partial charge in [-0.25, -0.2) is 0 Å². The molecule has 0 aliphatic carbocycles. The third-order valence-corrected chi connectivity index (χ3v) is 5.21. The zero-order valence-electron chi connectivity index (χ0n) is 12.0. The summed E-state index contributed by atoms with van der Waals surface area (Å²) >= 11 is 7.01. The van der Waals surface area contributed by atoms with Crippen LogP contribution < -0.4 is 0 Å². The standard InChI is InChI=1S/C17H16Br2O/c1-9-7-15(18)11(3)5-13(9)17(20)14-6-12(4)16(19)8-10(14)2/h5-8H,1-4H3. The molecule has 0 aliphatic heterocycles. The van der Waals surface area contributed by atoms with Gasteiger partial charge < -0.3 is 0 Å². The Labute approximate surface area is 136 Å².